The van der Waals surface area contributed by atoms with Crippen LogP contribution >= 0.6 is 0 Å². The first-order valence-corrected chi connectivity index (χ1v) is 17.5. The largest absolute Gasteiger partial charge is 0.497 e. The van der Waals surface area contributed by atoms with Gasteiger partial charge in [0.25, 0.3) is 5.91 Å². The standard InChI is InChI=1S/C37H61N3O9/c1-24-22-37(6,46-11)32(49-34-30(41)29(38(7)8)21-25(2)48-34)26(3)31(42)36(4,5)35(44)47-20-12-17-40(19-18-39(9)23-24)33(43)27-13-15-28(45-10)16-14-27/h13-16,24-26,29-30,32,34,41H,12,17-23H2,1-11H3/t24-,25-,26+,29+,30-,32-,34+,37-/m1/s1. The van der Waals surface area contributed by atoms with Gasteiger partial charge in [-0.2, -0.15) is 0 Å². The fourth-order valence-corrected chi connectivity index (χ4v) is 7.22. The number of aliphatic hydroxyl groups excluding tert-OH is 1. The third-order valence-electron chi connectivity index (χ3n) is 10.2. The fraction of sp³-hybridized carbons (Fsp3) is 0.757. The van der Waals surface area contributed by atoms with E-state index >= 15 is 0 Å². The molecule has 2 aliphatic rings. The Morgan fingerprint density at radius 3 is 2.27 bits per heavy atom. The molecule has 8 atom stereocenters. The van der Waals surface area contributed by atoms with Crippen molar-refractivity contribution in [2.45, 2.75) is 97.0 Å². The SMILES string of the molecule is COc1ccc(C(=O)N2CCCOC(=O)C(C)(C)C(=O)[C@H](C)[C@@H](O[C@@H]3O[C@H](C)C[C@H](N(C)C)[C@H]3O)[C@](C)(OC)C[C@@H](C)CN(C)CC2)cc1. The van der Waals surface area contributed by atoms with Crippen molar-refractivity contribution in [2.24, 2.45) is 17.3 Å². The van der Waals surface area contributed by atoms with Crippen LogP contribution in [0.4, 0.5) is 0 Å². The maximum Gasteiger partial charge on any atom is 0.319 e. The van der Waals surface area contributed by atoms with Crippen molar-refractivity contribution >= 4 is 17.7 Å². The zero-order chi connectivity index (χ0) is 36.7. The number of carbonyl (C=O) groups is 3. The van der Waals surface area contributed by atoms with Crippen molar-refractivity contribution in [2.75, 3.05) is 68.1 Å². The summed E-state index contributed by atoms with van der Waals surface area (Å²) in [7, 11) is 9.01. The van der Waals surface area contributed by atoms with Crippen LogP contribution in [0.15, 0.2) is 24.3 Å². The zero-order valence-electron chi connectivity index (χ0n) is 31.6. The Morgan fingerprint density at radius 1 is 1.02 bits per heavy atom. The summed E-state index contributed by atoms with van der Waals surface area (Å²) in [5, 5.41) is 11.4. The van der Waals surface area contributed by atoms with Crippen LogP contribution in [0, 0.1) is 17.3 Å². The summed E-state index contributed by atoms with van der Waals surface area (Å²) < 4.78 is 29.9. The molecule has 0 unspecified atom stereocenters. The molecule has 0 spiro atoms. The Hall–Kier alpha value is -2.61. The lowest BCUT2D eigenvalue weighted by Gasteiger charge is -2.47. The van der Waals surface area contributed by atoms with Gasteiger partial charge >= 0.3 is 5.97 Å². The van der Waals surface area contributed by atoms with Crippen LogP contribution in [0.25, 0.3) is 0 Å². The number of esters is 1. The Labute approximate surface area is 293 Å². The number of ketones is 1. The summed E-state index contributed by atoms with van der Waals surface area (Å²) in [6.07, 6.45) is -1.50. The Morgan fingerprint density at radius 2 is 1.67 bits per heavy atom. The number of rotatable bonds is 6. The normalized spacial score (nSPS) is 33.2. The molecule has 0 aliphatic carbocycles. The molecule has 12 nitrogen and oxygen atoms in total. The molecule has 2 fully saturated rings. The molecular formula is C37H61N3O9. The molecular weight excluding hydrogens is 630 g/mol. The van der Waals surface area contributed by atoms with E-state index in [-0.39, 0.29) is 36.4 Å². The average Bonchev–Trinajstić information content (AvgIpc) is 3.06. The third-order valence-corrected chi connectivity index (χ3v) is 10.2. The van der Waals surface area contributed by atoms with Crippen LogP contribution in [0.1, 0.15) is 71.2 Å². The number of aliphatic hydroxyl groups is 1. The minimum absolute atomic E-state index is 0.0465. The molecule has 1 amide bonds. The van der Waals surface area contributed by atoms with E-state index in [4.69, 9.17) is 23.7 Å². The highest BCUT2D eigenvalue weighted by Gasteiger charge is 2.51. The number of likely N-dealkylation sites (N-methyl/N-ethyl adjacent to an activating group) is 2. The van der Waals surface area contributed by atoms with Crippen molar-refractivity contribution in [1.82, 2.24) is 14.7 Å². The summed E-state index contributed by atoms with van der Waals surface area (Å²) in [5.74, 6) is -1.22. The number of cyclic esters (lactones) is 1. The molecule has 2 saturated heterocycles. The lowest BCUT2D eigenvalue weighted by Crippen LogP contribution is -2.59. The monoisotopic (exact) mass is 691 g/mol. The molecule has 278 valence electrons. The summed E-state index contributed by atoms with van der Waals surface area (Å²) >= 11 is 0. The first-order chi connectivity index (χ1) is 22.9. The molecule has 12 heteroatoms. The number of carbonyl (C=O) groups excluding carboxylic acids is 3. The van der Waals surface area contributed by atoms with Crippen molar-refractivity contribution in [3.05, 3.63) is 29.8 Å². The minimum atomic E-state index is -1.50. The number of ether oxygens (including phenoxy) is 5. The van der Waals surface area contributed by atoms with Crippen LogP contribution in [0.3, 0.4) is 0 Å². The van der Waals surface area contributed by atoms with E-state index in [9.17, 15) is 19.5 Å². The van der Waals surface area contributed by atoms with Gasteiger partial charge < -0.3 is 43.5 Å². The van der Waals surface area contributed by atoms with Gasteiger partial charge in [-0.05, 0) is 98.3 Å². The molecule has 2 aliphatic heterocycles. The summed E-state index contributed by atoms with van der Waals surface area (Å²) in [5.41, 5.74) is -1.96. The molecule has 0 aromatic heterocycles. The van der Waals surface area contributed by atoms with E-state index < -0.39 is 41.4 Å². The summed E-state index contributed by atoms with van der Waals surface area (Å²) in [6.45, 7) is 13.0. The second kappa shape index (κ2) is 17.5. The number of benzene rings is 1. The number of nitrogens with zero attached hydrogens (tertiary/aromatic N) is 3. The molecule has 2 heterocycles. The van der Waals surface area contributed by atoms with Crippen LogP contribution in [-0.4, -0.2) is 142 Å². The predicted molar refractivity (Wildman–Crippen MR) is 186 cm³/mol. The molecule has 3 rings (SSSR count). The van der Waals surface area contributed by atoms with Gasteiger partial charge in [0.05, 0.1) is 31.5 Å². The number of hydrogen-bond acceptors (Lipinski definition) is 11. The zero-order valence-corrected chi connectivity index (χ0v) is 31.6. The lowest BCUT2D eigenvalue weighted by atomic mass is 9.74. The van der Waals surface area contributed by atoms with E-state index in [1.165, 1.54) is 0 Å². The molecule has 49 heavy (non-hydrogen) atoms. The van der Waals surface area contributed by atoms with Crippen LogP contribution in [-0.2, 0) is 28.5 Å². The topological polar surface area (TPSA) is 127 Å². The van der Waals surface area contributed by atoms with Gasteiger partial charge in [0.2, 0.25) is 0 Å². The molecule has 1 aromatic rings. The Kier molecular flexibility index (Phi) is 14.6. The quantitative estimate of drug-likeness (QED) is 0.348. The smallest absolute Gasteiger partial charge is 0.319 e. The molecule has 0 saturated carbocycles. The number of Topliss-reactive ketones (excluding diaryl/α,β-unsaturated/α-hetero) is 1. The average molecular weight is 692 g/mol. The van der Waals surface area contributed by atoms with E-state index in [1.54, 1.807) is 64.2 Å². The Bertz CT molecular complexity index is 1240. The third kappa shape index (κ3) is 10.2. The highest BCUT2D eigenvalue weighted by Crippen LogP contribution is 2.38. The van der Waals surface area contributed by atoms with E-state index in [0.29, 0.717) is 56.8 Å². The summed E-state index contributed by atoms with van der Waals surface area (Å²) in [4.78, 5) is 47.2. The van der Waals surface area contributed by atoms with Crippen LogP contribution in [0.2, 0.25) is 0 Å². The van der Waals surface area contributed by atoms with Crippen molar-refractivity contribution in [3.8, 4) is 5.75 Å². The number of methoxy groups -OCH3 is 2. The predicted octanol–water partition coefficient (Wildman–Crippen LogP) is 3.49. The highest BCUT2D eigenvalue weighted by molar-refractivity contribution is 6.04. The van der Waals surface area contributed by atoms with Gasteiger partial charge in [-0.1, -0.05) is 13.8 Å². The molecule has 1 aromatic carbocycles. The Balaban J connectivity index is 1.94. The maximum atomic E-state index is 14.3. The maximum absolute atomic E-state index is 14.3. The van der Waals surface area contributed by atoms with Gasteiger partial charge in [-0.15, -0.1) is 0 Å². The van der Waals surface area contributed by atoms with E-state index in [2.05, 4.69) is 11.8 Å². The van der Waals surface area contributed by atoms with Crippen LogP contribution in [0.5, 0.6) is 5.75 Å². The fourth-order valence-electron chi connectivity index (χ4n) is 7.22. The van der Waals surface area contributed by atoms with Crippen molar-refractivity contribution in [3.63, 3.8) is 0 Å². The van der Waals surface area contributed by atoms with E-state index in [0.717, 1.165) is 0 Å². The van der Waals surface area contributed by atoms with Crippen molar-refractivity contribution < 1.29 is 43.2 Å². The van der Waals surface area contributed by atoms with E-state index in [1.807, 2.05) is 39.9 Å². The molecule has 0 bridgehead atoms. The van der Waals surface area contributed by atoms with Gasteiger partial charge in [0, 0.05) is 50.8 Å². The second-order valence-corrected chi connectivity index (χ2v) is 15.0. The summed E-state index contributed by atoms with van der Waals surface area (Å²) in [6, 6.07) is 6.79. The van der Waals surface area contributed by atoms with Gasteiger partial charge in [0.1, 0.15) is 17.3 Å². The van der Waals surface area contributed by atoms with Crippen LogP contribution < -0.4 is 4.74 Å². The number of hydrogen-bond donors (Lipinski definition) is 1. The number of amides is 1. The lowest BCUT2D eigenvalue weighted by molar-refractivity contribution is -0.295. The molecule has 0 radical (unpaired) electrons. The van der Waals surface area contributed by atoms with Gasteiger partial charge in [-0.25, -0.2) is 0 Å². The van der Waals surface area contributed by atoms with Gasteiger partial charge in [0.15, 0.2) is 12.1 Å². The molecule has 1 N–H and O–H groups in total. The highest BCUT2D eigenvalue weighted by atomic mass is 16.7. The second-order valence-electron chi connectivity index (χ2n) is 15.0. The van der Waals surface area contributed by atoms with Gasteiger partial charge in [-0.3, -0.25) is 14.4 Å². The minimum Gasteiger partial charge on any atom is -0.497 e. The first kappa shape index (κ1) is 40.8. The first-order valence-electron chi connectivity index (χ1n) is 17.5. The van der Waals surface area contributed by atoms with Crippen molar-refractivity contribution in [1.29, 1.82) is 0 Å².